The summed E-state index contributed by atoms with van der Waals surface area (Å²) in [7, 11) is 0. The van der Waals surface area contributed by atoms with E-state index in [1.165, 1.54) is 15.0 Å². The van der Waals surface area contributed by atoms with E-state index in [-0.39, 0.29) is 11.8 Å². The van der Waals surface area contributed by atoms with Crippen molar-refractivity contribution >= 4 is 49.1 Å². The normalized spacial score (nSPS) is 15.3. The fourth-order valence-electron chi connectivity index (χ4n) is 3.66. The monoisotopic (exact) mass is 443 g/mol. The number of aromatic nitrogens is 1. The van der Waals surface area contributed by atoms with Crippen LogP contribution in [0.4, 0.5) is 5.82 Å². The van der Waals surface area contributed by atoms with Crippen LogP contribution in [0.5, 0.6) is 0 Å². The molecule has 140 valence electrons. The Bertz CT molecular complexity index is 963. The topological polar surface area (TPSA) is 45.2 Å². The molecule has 3 aromatic rings. The standard InChI is InChI=1S/C21H22BrN3OS/c1-14-11-18-19(27-14)5-8-23-20(18)25-9-6-16(7-10-25)21(26)24-13-15-3-2-4-17(22)12-15/h2-5,8,11-12,16H,6-7,9-10,13H2,1H3,(H,24,26). The Hall–Kier alpha value is -1.92. The lowest BCUT2D eigenvalue weighted by molar-refractivity contribution is -0.125. The van der Waals surface area contributed by atoms with Crippen molar-refractivity contribution in [3.05, 3.63) is 57.5 Å². The first-order valence-corrected chi connectivity index (χ1v) is 10.8. The van der Waals surface area contributed by atoms with Gasteiger partial charge in [0.1, 0.15) is 5.82 Å². The van der Waals surface area contributed by atoms with Crippen LogP contribution < -0.4 is 10.2 Å². The zero-order valence-corrected chi connectivity index (χ0v) is 17.6. The number of halogens is 1. The fourth-order valence-corrected chi connectivity index (χ4v) is 5.02. The summed E-state index contributed by atoms with van der Waals surface area (Å²) in [5.74, 6) is 1.30. The van der Waals surface area contributed by atoms with Crippen LogP contribution in [0.15, 0.2) is 47.1 Å². The van der Waals surface area contributed by atoms with Gasteiger partial charge in [0.15, 0.2) is 0 Å². The number of piperidine rings is 1. The van der Waals surface area contributed by atoms with E-state index in [0.717, 1.165) is 41.8 Å². The second-order valence-corrected chi connectivity index (χ2v) is 9.22. The number of rotatable bonds is 4. The highest BCUT2D eigenvalue weighted by Gasteiger charge is 2.26. The number of anilines is 1. The van der Waals surface area contributed by atoms with Crippen molar-refractivity contribution in [1.82, 2.24) is 10.3 Å². The van der Waals surface area contributed by atoms with Gasteiger partial charge in [-0.15, -0.1) is 11.3 Å². The van der Waals surface area contributed by atoms with Gasteiger partial charge in [-0.25, -0.2) is 4.98 Å². The van der Waals surface area contributed by atoms with Crippen molar-refractivity contribution in [2.75, 3.05) is 18.0 Å². The summed E-state index contributed by atoms with van der Waals surface area (Å²) >= 11 is 5.28. The maximum Gasteiger partial charge on any atom is 0.223 e. The van der Waals surface area contributed by atoms with E-state index in [2.05, 4.69) is 50.2 Å². The van der Waals surface area contributed by atoms with Crippen LogP contribution in [-0.4, -0.2) is 24.0 Å². The second-order valence-electron chi connectivity index (χ2n) is 7.01. The van der Waals surface area contributed by atoms with Gasteiger partial charge in [-0.2, -0.15) is 0 Å². The number of carbonyl (C=O) groups excluding carboxylic acids is 1. The molecule has 4 rings (SSSR count). The molecular formula is C21H22BrN3OS. The Labute approximate surface area is 171 Å². The summed E-state index contributed by atoms with van der Waals surface area (Å²) in [5.41, 5.74) is 1.11. The van der Waals surface area contributed by atoms with Gasteiger partial charge in [-0.05, 0) is 49.6 Å². The molecule has 6 heteroatoms. The molecule has 0 aliphatic carbocycles. The van der Waals surface area contributed by atoms with Gasteiger partial charge in [0.2, 0.25) is 5.91 Å². The number of aryl methyl sites for hydroxylation is 1. The zero-order chi connectivity index (χ0) is 18.8. The average molecular weight is 444 g/mol. The molecule has 2 aromatic heterocycles. The maximum atomic E-state index is 12.6. The first-order valence-electron chi connectivity index (χ1n) is 9.22. The summed E-state index contributed by atoms with van der Waals surface area (Å²) in [6, 6.07) is 12.4. The Balaban J connectivity index is 1.36. The minimum absolute atomic E-state index is 0.0804. The lowest BCUT2D eigenvalue weighted by Crippen LogP contribution is -2.40. The second kappa shape index (κ2) is 7.98. The lowest BCUT2D eigenvalue weighted by Gasteiger charge is -2.32. The summed E-state index contributed by atoms with van der Waals surface area (Å²) in [6.45, 7) is 4.45. The number of hydrogen-bond acceptors (Lipinski definition) is 4. The van der Waals surface area contributed by atoms with E-state index in [0.29, 0.717) is 6.54 Å². The molecule has 0 bridgehead atoms. The van der Waals surface area contributed by atoms with E-state index < -0.39 is 0 Å². The van der Waals surface area contributed by atoms with Crippen molar-refractivity contribution in [2.24, 2.45) is 5.92 Å². The van der Waals surface area contributed by atoms with Gasteiger partial charge in [0.05, 0.1) is 0 Å². The highest BCUT2D eigenvalue weighted by molar-refractivity contribution is 9.10. The van der Waals surface area contributed by atoms with Crippen LogP contribution in [0.25, 0.3) is 10.1 Å². The molecule has 1 aromatic carbocycles. The Morgan fingerprint density at radius 1 is 1.30 bits per heavy atom. The van der Waals surface area contributed by atoms with E-state index in [4.69, 9.17) is 0 Å². The molecule has 0 saturated carbocycles. The number of nitrogens with zero attached hydrogens (tertiary/aromatic N) is 2. The van der Waals surface area contributed by atoms with Crippen molar-refractivity contribution < 1.29 is 4.79 Å². The number of carbonyl (C=O) groups is 1. The van der Waals surface area contributed by atoms with E-state index in [1.807, 2.05) is 41.8 Å². The maximum absolute atomic E-state index is 12.6. The number of fused-ring (bicyclic) bond motifs is 1. The molecule has 0 atom stereocenters. The molecule has 1 aliphatic heterocycles. The SMILES string of the molecule is Cc1cc2c(N3CCC(C(=O)NCc4cccc(Br)c4)CC3)nccc2s1. The molecule has 0 radical (unpaired) electrons. The molecule has 1 saturated heterocycles. The highest BCUT2D eigenvalue weighted by atomic mass is 79.9. The van der Waals surface area contributed by atoms with Crippen LogP contribution in [0.2, 0.25) is 0 Å². The third kappa shape index (κ3) is 4.17. The minimum Gasteiger partial charge on any atom is -0.356 e. The molecule has 0 spiro atoms. The van der Waals surface area contributed by atoms with Crippen LogP contribution >= 0.6 is 27.3 Å². The Morgan fingerprint density at radius 3 is 2.89 bits per heavy atom. The quantitative estimate of drug-likeness (QED) is 0.623. The number of amides is 1. The van der Waals surface area contributed by atoms with Crippen LogP contribution in [0.1, 0.15) is 23.3 Å². The Morgan fingerprint density at radius 2 is 2.11 bits per heavy atom. The van der Waals surface area contributed by atoms with Gasteiger partial charge in [-0.3, -0.25) is 4.79 Å². The predicted molar refractivity (Wildman–Crippen MR) is 115 cm³/mol. The summed E-state index contributed by atoms with van der Waals surface area (Å²) in [4.78, 5) is 20.8. The third-order valence-electron chi connectivity index (χ3n) is 5.07. The number of pyridine rings is 1. The summed E-state index contributed by atoms with van der Waals surface area (Å²) in [6.07, 6.45) is 3.63. The molecule has 27 heavy (non-hydrogen) atoms. The first kappa shape index (κ1) is 18.4. The van der Waals surface area contributed by atoms with Crippen molar-refractivity contribution in [3.63, 3.8) is 0 Å². The van der Waals surface area contributed by atoms with Crippen LogP contribution in [0, 0.1) is 12.8 Å². The minimum atomic E-state index is 0.0804. The largest absolute Gasteiger partial charge is 0.356 e. The van der Waals surface area contributed by atoms with Gasteiger partial charge < -0.3 is 10.2 Å². The fraction of sp³-hybridized carbons (Fsp3) is 0.333. The number of thiophene rings is 1. The summed E-state index contributed by atoms with van der Waals surface area (Å²) in [5, 5.41) is 4.33. The molecule has 4 nitrogen and oxygen atoms in total. The molecular weight excluding hydrogens is 422 g/mol. The first-order chi connectivity index (χ1) is 13.1. The number of hydrogen-bond donors (Lipinski definition) is 1. The number of benzene rings is 1. The van der Waals surface area contributed by atoms with Crippen LogP contribution in [-0.2, 0) is 11.3 Å². The summed E-state index contributed by atoms with van der Waals surface area (Å²) < 4.78 is 2.32. The predicted octanol–water partition coefficient (Wildman–Crippen LogP) is 4.90. The lowest BCUT2D eigenvalue weighted by atomic mass is 9.95. The van der Waals surface area contributed by atoms with E-state index in [9.17, 15) is 4.79 Å². The van der Waals surface area contributed by atoms with E-state index >= 15 is 0 Å². The average Bonchev–Trinajstić information content (AvgIpc) is 3.06. The molecule has 1 fully saturated rings. The molecule has 1 amide bonds. The van der Waals surface area contributed by atoms with E-state index in [1.54, 1.807) is 0 Å². The van der Waals surface area contributed by atoms with Crippen molar-refractivity contribution in [2.45, 2.75) is 26.3 Å². The zero-order valence-electron chi connectivity index (χ0n) is 15.2. The van der Waals surface area contributed by atoms with Gasteiger partial charge in [0, 0.05) is 51.2 Å². The van der Waals surface area contributed by atoms with Crippen molar-refractivity contribution in [3.8, 4) is 0 Å². The smallest absolute Gasteiger partial charge is 0.223 e. The Kier molecular flexibility index (Phi) is 5.45. The highest BCUT2D eigenvalue weighted by Crippen LogP contribution is 2.33. The molecule has 1 N–H and O–H groups in total. The molecule has 1 aliphatic rings. The van der Waals surface area contributed by atoms with Gasteiger partial charge in [-0.1, -0.05) is 28.1 Å². The van der Waals surface area contributed by atoms with Gasteiger partial charge >= 0.3 is 0 Å². The number of nitrogens with one attached hydrogen (secondary N) is 1. The van der Waals surface area contributed by atoms with Gasteiger partial charge in [0.25, 0.3) is 0 Å². The van der Waals surface area contributed by atoms with Crippen molar-refractivity contribution in [1.29, 1.82) is 0 Å². The molecule has 3 heterocycles. The third-order valence-corrected chi connectivity index (χ3v) is 6.58. The molecule has 0 unspecified atom stereocenters. The van der Waals surface area contributed by atoms with Crippen LogP contribution in [0.3, 0.4) is 0 Å².